The molecular formula is C17H25N5O3S. The monoisotopic (exact) mass is 379 g/mol. The average molecular weight is 379 g/mol. The van der Waals surface area contributed by atoms with Gasteiger partial charge in [-0.15, -0.1) is 5.10 Å². The van der Waals surface area contributed by atoms with Crippen LogP contribution in [0, 0.1) is 6.92 Å². The highest BCUT2D eigenvalue weighted by molar-refractivity contribution is 7.99. The Bertz CT molecular complexity index is 720. The maximum Gasteiger partial charge on any atom is 0.230 e. The average Bonchev–Trinajstić information content (AvgIpc) is 3.07. The normalized spacial score (nSPS) is 11.0. The fourth-order valence-electron chi connectivity index (χ4n) is 2.19. The van der Waals surface area contributed by atoms with Crippen LogP contribution < -0.4 is 10.1 Å². The summed E-state index contributed by atoms with van der Waals surface area (Å²) in [6.45, 7) is 7.18. The van der Waals surface area contributed by atoms with Crippen molar-refractivity contribution in [3.8, 4) is 11.4 Å². The lowest BCUT2D eigenvalue weighted by Crippen LogP contribution is -2.27. The number of hydrogen-bond donors (Lipinski definition) is 1. The van der Waals surface area contributed by atoms with Crippen LogP contribution in [-0.2, 0) is 9.53 Å². The number of benzene rings is 1. The Balaban J connectivity index is 1.89. The van der Waals surface area contributed by atoms with Crippen LogP contribution in [-0.4, -0.2) is 58.2 Å². The molecule has 0 spiro atoms. The van der Waals surface area contributed by atoms with Gasteiger partial charge in [-0.2, -0.15) is 4.68 Å². The molecule has 9 heteroatoms. The zero-order valence-corrected chi connectivity index (χ0v) is 16.4. The number of hydrogen-bond acceptors (Lipinski definition) is 7. The Morgan fingerprint density at radius 3 is 2.92 bits per heavy atom. The van der Waals surface area contributed by atoms with Crippen LogP contribution in [0.25, 0.3) is 5.69 Å². The van der Waals surface area contributed by atoms with Crippen molar-refractivity contribution in [3.63, 3.8) is 0 Å². The van der Waals surface area contributed by atoms with Crippen molar-refractivity contribution in [1.82, 2.24) is 25.5 Å². The van der Waals surface area contributed by atoms with Crippen molar-refractivity contribution in [2.24, 2.45) is 0 Å². The Hall–Kier alpha value is -2.13. The smallest absolute Gasteiger partial charge is 0.230 e. The van der Waals surface area contributed by atoms with Gasteiger partial charge >= 0.3 is 0 Å². The van der Waals surface area contributed by atoms with E-state index < -0.39 is 0 Å². The highest BCUT2D eigenvalue weighted by atomic mass is 32.2. The van der Waals surface area contributed by atoms with Crippen LogP contribution in [0.15, 0.2) is 23.4 Å². The molecule has 0 fully saturated rings. The number of ether oxygens (including phenoxy) is 2. The van der Waals surface area contributed by atoms with Crippen LogP contribution >= 0.6 is 11.8 Å². The van der Waals surface area contributed by atoms with Gasteiger partial charge in [0.1, 0.15) is 11.4 Å². The molecule has 2 aromatic rings. The van der Waals surface area contributed by atoms with E-state index in [2.05, 4.69) is 20.8 Å². The lowest BCUT2D eigenvalue weighted by Gasteiger charge is -2.10. The lowest BCUT2D eigenvalue weighted by molar-refractivity contribution is -0.118. The Morgan fingerprint density at radius 2 is 2.19 bits per heavy atom. The van der Waals surface area contributed by atoms with E-state index in [0.29, 0.717) is 24.1 Å². The van der Waals surface area contributed by atoms with Gasteiger partial charge in [0.2, 0.25) is 11.1 Å². The molecule has 0 aliphatic rings. The van der Waals surface area contributed by atoms with Crippen molar-refractivity contribution >= 4 is 17.7 Å². The molecule has 2 rings (SSSR count). The largest absolute Gasteiger partial charge is 0.494 e. The molecule has 1 aromatic carbocycles. The van der Waals surface area contributed by atoms with Crippen LogP contribution in [0.5, 0.6) is 5.75 Å². The molecule has 0 saturated carbocycles. The second kappa shape index (κ2) is 10.1. The summed E-state index contributed by atoms with van der Waals surface area (Å²) in [5.74, 6) is 0.837. The van der Waals surface area contributed by atoms with E-state index in [0.717, 1.165) is 17.7 Å². The first-order valence-corrected chi connectivity index (χ1v) is 9.44. The summed E-state index contributed by atoms with van der Waals surface area (Å²) in [6.07, 6.45) is 0.992. The molecule has 0 aliphatic carbocycles. The van der Waals surface area contributed by atoms with Crippen LogP contribution in [0.1, 0.15) is 25.8 Å². The molecule has 142 valence electrons. The van der Waals surface area contributed by atoms with Gasteiger partial charge in [0.15, 0.2) is 0 Å². The third-order valence-corrected chi connectivity index (χ3v) is 4.35. The predicted octanol–water partition coefficient (Wildman–Crippen LogP) is 2.00. The van der Waals surface area contributed by atoms with Crippen molar-refractivity contribution in [1.29, 1.82) is 0 Å². The minimum absolute atomic E-state index is 0.0645. The van der Waals surface area contributed by atoms with Gasteiger partial charge in [0.05, 0.1) is 19.0 Å². The molecule has 0 bridgehead atoms. The van der Waals surface area contributed by atoms with E-state index in [1.165, 1.54) is 11.8 Å². The minimum atomic E-state index is -0.0645. The van der Waals surface area contributed by atoms with Gasteiger partial charge in [0, 0.05) is 13.2 Å². The third kappa shape index (κ3) is 5.99. The van der Waals surface area contributed by atoms with E-state index >= 15 is 0 Å². The molecule has 1 aromatic heterocycles. The van der Waals surface area contributed by atoms with Crippen LogP contribution in [0.4, 0.5) is 0 Å². The highest BCUT2D eigenvalue weighted by Gasteiger charge is 2.15. The summed E-state index contributed by atoms with van der Waals surface area (Å²) in [5, 5.41) is 15.2. The standard InChI is InChI=1S/C17H25N5O3S/c1-12(2)25-9-5-8-18-16(23)11-26-17-19-20-21-22(17)14-10-13(3)6-7-15(14)24-4/h6-7,10,12H,5,8-9,11H2,1-4H3,(H,18,23). The first-order valence-electron chi connectivity index (χ1n) is 8.45. The second-order valence-corrected chi connectivity index (χ2v) is 6.90. The van der Waals surface area contributed by atoms with E-state index in [4.69, 9.17) is 9.47 Å². The number of nitrogens with one attached hydrogen (secondary N) is 1. The summed E-state index contributed by atoms with van der Waals surface area (Å²) < 4.78 is 12.4. The first-order chi connectivity index (χ1) is 12.5. The van der Waals surface area contributed by atoms with Crippen molar-refractivity contribution in [2.75, 3.05) is 26.0 Å². The van der Waals surface area contributed by atoms with Gasteiger partial charge in [-0.1, -0.05) is 17.8 Å². The number of aryl methyl sites for hydroxylation is 1. The van der Waals surface area contributed by atoms with E-state index in [1.54, 1.807) is 11.8 Å². The van der Waals surface area contributed by atoms with Gasteiger partial charge in [0.25, 0.3) is 0 Å². The summed E-state index contributed by atoms with van der Waals surface area (Å²) >= 11 is 1.28. The molecule has 0 saturated heterocycles. The topological polar surface area (TPSA) is 91.2 Å². The van der Waals surface area contributed by atoms with Gasteiger partial charge in [-0.05, 0) is 55.3 Å². The number of aromatic nitrogens is 4. The lowest BCUT2D eigenvalue weighted by atomic mass is 10.2. The fraction of sp³-hybridized carbons (Fsp3) is 0.529. The summed E-state index contributed by atoms with van der Waals surface area (Å²) in [7, 11) is 1.60. The quantitative estimate of drug-likeness (QED) is 0.499. The highest BCUT2D eigenvalue weighted by Crippen LogP contribution is 2.26. The second-order valence-electron chi connectivity index (χ2n) is 5.96. The number of carbonyl (C=O) groups excluding carboxylic acids is 1. The van der Waals surface area contributed by atoms with Gasteiger partial charge < -0.3 is 14.8 Å². The summed E-state index contributed by atoms with van der Waals surface area (Å²) in [5.41, 5.74) is 1.81. The Labute approximate surface area is 157 Å². The molecule has 1 amide bonds. The van der Waals surface area contributed by atoms with E-state index in [9.17, 15) is 4.79 Å². The number of nitrogens with zero attached hydrogens (tertiary/aromatic N) is 4. The number of methoxy groups -OCH3 is 1. The number of rotatable bonds is 10. The third-order valence-electron chi connectivity index (χ3n) is 3.43. The molecular weight excluding hydrogens is 354 g/mol. The first kappa shape index (κ1) is 20.2. The molecule has 26 heavy (non-hydrogen) atoms. The fourth-order valence-corrected chi connectivity index (χ4v) is 2.90. The Morgan fingerprint density at radius 1 is 1.38 bits per heavy atom. The van der Waals surface area contributed by atoms with Gasteiger partial charge in [-0.3, -0.25) is 4.79 Å². The number of tetrazole rings is 1. The van der Waals surface area contributed by atoms with Crippen molar-refractivity contribution < 1.29 is 14.3 Å². The molecule has 0 atom stereocenters. The number of thioether (sulfide) groups is 1. The SMILES string of the molecule is COc1ccc(C)cc1-n1nnnc1SCC(=O)NCCCOC(C)C. The molecule has 0 radical (unpaired) electrons. The zero-order valence-electron chi connectivity index (χ0n) is 15.6. The summed E-state index contributed by atoms with van der Waals surface area (Å²) in [4.78, 5) is 12.0. The Kier molecular flexibility index (Phi) is 7.86. The molecule has 1 heterocycles. The van der Waals surface area contributed by atoms with Gasteiger partial charge in [-0.25, -0.2) is 0 Å². The zero-order chi connectivity index (χ0) is 18.9. The molecule has 1 N–H and O–H groups in total. The van der Waals surface area contributed by atoms with E-state index in [-0.39, 0.29) is 17.8 Å². The van der Waals surface area contributed by atoms with Crippen molar-refractivity contribution in [2.45, 2.75) is 38.5 Å². The maximum absolute atomic E-state index is 12.0. The van der Waals surface area contributed by atoms with Crippen LogP contribution in [0.2, 0.25) is 0 Å². The summed E-state index contributed by atoms with van der Waals surface area (Å²) in [6, 6.07) is 5.76. The predicted molar refractivity (Wildman–Crippen MR) is 99.9 cm³/mol. The van der Waals surface area contributed by atoms with Crippen LogP contribution in [0.3, 0.4) is 0 Å². The maximum atomic E-state index is 12.0. The van der Waals surface area contributed by atoms with Crippen molar-refractivity contribution in [3.05, 3.63) is 23.8 Å². The molecule has 0 unspecified atom stereocenters. The minimum Gasteiger partial charge on any atom is -0.494 e. The number of carbonyl (C=O) groups is 1. The molecule has 0 aliphatic heterocycles. The van der Waals surface area contributed by atoms with E-state index in [1.807, 2.05) is 39.0 Å². The molecule has 8 nitrogen and oxygen atoms in total. The number of amides is 1.